The van der Waals surface area contributed by atoms with E-state index in [0.717, 1.165) is 34.9 Å². The van der Waals surface area contributed by atoms with Gasteiger partial charge in [-0.2, -0.15) is 5.10 Å². The van der Waals surface area contributed by atoms with Crippen molar-refractivity contribution in [2.75, 3.05) is 19.0 Å². The molecular formula is C24H25N3O4. The molecule has 4 rings (SSSR count). The van der Waals surface area contributed by atoms with E-state index in [1.165, 1.54) is 18.9 Å². The molecule has 3 aromatic rings. The molecule has 0 spiro atoms. The SMILES string of the molecule is COc1ccc2cc(/C=C/C(=O)OCC(=O)Nc3ccnn3C3CCCC3)ccc2c1. The zero-order valence-electron chi connectivity index (χ0n) is 17.4. The second-order valence-electron chi connectivity index (χ2n) is 7.56. The Hall–Kier alpha value is -3.61. The number of fused-ring (bicyclic) bond motifs is 1. The third-order valence-electron chi connectivity index (χ3n) is 5.44. The van der Waals surface area contributed by atoms with Crippen molar-refractivity contribution in [3.8, 4) is 5.75 Å². The Morgan fingerprint density at radius 1 is 1.13 bits per heavy atom. The maximum absolute atomic E-state index is 12.2. The molecule has 0 saturated heterocycles. The van der Waals surface area contributed by atoms with Crippen LogP contribution in [0, 0.1) is 0 Å². The smallest absolute Gasteiger partial charge is 0.331 e. The Labute approximate surface area is 180 Å². The average Bonchev–Trinajstić information content (AvgIpc) is 3.47. The Kier molecular flexibility index (Phi) is 6.31. The summed E-state index contributed by atoms with van der Waals surface area (Å²) in [4.78, 5) is 24.2. The molecule has 1 fully saturated rings. The summed E-state index contributed by atoms with van der Waals surface area (Å²) in [5.41, 5.74) is 0.861. The molecule has 0 aliphatic heterocycles. The van der Waals surface area contributed by atoms with Crippen molar-refractivity contribution in [3.63, 3.8) is 0 Å². The highest BCUT2D eigenvalue weighted by molar-refractivity contribution is 5.94. The van der Waals surface area contributed by atoms with Crippen LogP contribution < -0.4 is 10.1 Å². The summed E-state index contributed by atoms with van der Waals surface area (Å²) < 4.78 is 12.2. The van der Waals surface area contributed by atoms with Gasteiger partial charge in [-0.1, -0.05) is 31.0 Å². The van der Waals surface area contributed by atoms with Gasteiger partial charge in [0.1, 0.15) is 11.6 Å². The van der Waals surface area contributed by atoms with Gasteiger partial charge >= 0.3 is 5.97 Å². The topological polar surface area (TPSA) is 82.4 Å². The predicted molar refractivity (Wildman–Crippen MR) is 119 cm³/mol. The molecule has 2 aromatic carbocycles. The number of hydrogen-bond donors (Lipinski definition) is 1. The van der Waals surface area contributed by atoms with E-state index < -0.39 is 5.97 Å². The van der Waals surface area contributed by atoms with E-state index in [2.05, 4.69) is 10.4 Å². The summed E-state index contributed by atoms with van der Waals surface area (Å²) >= 11 is 0. The zero-order chi connectivity index (χ0) is 21.6. The molecule has 1 N–H and O–H groups in total. The lowest BCUT2D eigenvalue weighted by molar-refractivity contribution is -0.142. The van der Waals surface area contributed by atoms with E-state index in [9.17, 15) is 9.59 Å². The van der Waals surface area contributed by atoms with Crippen molar-refractivity contribution in [2.24, 2.45) is 0 Å². The summed E-state index contributed by atoms with van der Waals surface area (Å²) in [5, 5.41) is 9.18. The van der Waals surface area contributed by atoms with E-state index in [-0.39, 0.29) is 12.5 Å². The number of carbonyl (C=O) groups is 2. The minimum atomic E-state index is -0.575. The van der Waals surface area contributed by atoms with E-state index in [1.54, 1.807) is 25.4 Å². The van der Waals surface area contributed by atoms with Crippen LogP contribution in [-0.2, 0) is 14.3 Å². The van der Waals surface area contributed by atoms with Gasteiger partial charge in [-0.25, -0.2) is 9.48 Å². The highest BCUT2D eigenvalue weighted by Gasteiger charge is 2.20. The number of hydrogen-bond acceptors (Lipinski definition) is 5. The minimum absolute atomic E-state index is 0.318. The number of nitrogens with one attached hydrogen (secondary N) is 1. The number of anilines is 1. The maximum Gasteiger partial charge on any atom is 0.331 e. The molecule has 0 atom stereocenters. The first-order valence-electron chi connectivity index (χ1n) is 10.4. The Morgan fingerprint density at radius 2 is 1.90 bits per heavy atom. The molecule has 160 valence electrons. The van der Waals surface area contributed by atoms with Gasteiger partial charge in [0.15, 0.2) is 6.61 Å². The molecule has 1 aliphatic carbocycles. The van der Waals surface area contributed by atoms with Gasteiger partial charge in [0, 0.05) is 12.1 Å². The number of methoxy groups -OCH3 is 1. The van der Waals surface area contributed by atoms with Crippen molar-refractivity contribution >= 4 is 34.5 Å². The van der Waals surface area contributed by atoms with Crippen molar-refractivity contribution in [3.05, 3.63) is 60.3 Å². The predicted octanol–water partition coefficient (Wildman–Crippen LogP) is 4.36. The van der Waals surface area contributed by atoms with E-state index in [4.69, 9.17) is 9.47 Å². The normalized spacial score (nSPS) is 14.2. The summed E-state index contributed by atoms with van der Waals surface area (Å²) in [6.45, 7) is -0.351. The van der Waals surface area contributed by atoms with E-state index >= 15 is 0 Å². The average molecular weight is 419 g/mol. The number of benzene rings is 2. The lowest BCUT2D eigenvalue weighted by Gasteiger charge is -2.14. The molecule has 1 aromatic heterocycles. The Morgan fingerprint density at radius 3 is 2.71 bits per heavy atom. The molecule has 7 heteroatoms. The van der Waals surface area contributed by atoms with Crippen LogP contribution >= 0.6 is 0 Å². The van der Waals surface area contributed by atoms with Crippen LogP contribution in [0.25, 0.3) is 16.8 Å². The van der Waals surface area contributed by atoms with Gasteiger partial charge in [0.05, 0.1) is 19.3 Å². The summed E-state index contributed by atoms with van der Waals surface area (Å²) in [5.74, 6) is 0.468. The first kappa shape index (κ1) is 20.7. The number of aromatic nitrogens is 2. The lowest BCUT2D eigenvalue weighted by atomic mass is 10.1. The van der Waals surface area contributed by atoms with Gasteiger partial charge in [0.25, 0.3) is 5.91 Å². The van der Waals surface area contributed by atoms with Crippen LogP contribution in [0.5, 0.6) is 5.75 Å². The second kappa shape index (κ2) is 9.47. The van der Waals surface area contributed by atoms with Crippen molar-refractivity contribution in [1.82, 2.24) is 9.78 Å². The summed E-state index contributed by atoms with van der Waals surface area (Å²) in [7, 11) is 1.63. The highest BCUT2D eigenvalue weighted by Crippen LogP contribution is 2.31. The third-order valence-corrected chi connectivity index (χ3v) is 5.44. The van der Waals surface area contributed by atoms with Crippen molar-refractivity contribution in [2.45, 2.75) is 31.7 Å². The van der Waals surface area contributed by atoms with Crippen molar-refractivity contribution in [1.29, 1.82) is 0 Å². The molecule has 0 radical (unpaired) electrons. The molecule has 0 unspecified atom stereocenters. The molecule has 1 heterocycles. The molecule has 7 nitrogen and oxygen atoms in total. The van der Waals surface area contributed by atoms with Crippen molar-refractivity contribution < 1.29 is 19.1 Å². The molecule has 31 heavy (non-hydrogen) atoms. The second-order valence-corrected chi connectivity index (χ2v) is 7.56. The van der Waals surface area contributed by atoms with Crippen LogP contribution in [0.15, 0.2) is 54.7 Å². The molecular weight excluding hydrogens is 394 g/mol. The Balaban J connectivity index is 1.30. The number of ether oxygens (including phenoxy) is 2. The first-order valence-corrected chi connectivity index (χ1v) is 10.4. The number of nitrogens with zero attached hydrogens (tertiary/aromatic N) is 2. The lowest BCUT2D eigenvalue weighted by Crippen LogP contribution is -2.22. The summed E-state index contributed by atoms with van der Waals surface area (Å²) in [6.07, 6.45) is 9.13. The number of carbonyl (C=O) groups excluding carboxylic acids is 2. The first-order chi connectivity index (χ1) is 15.1. The highest BCUT2D eigenvalue weighted by atomic mass is 16.5. The molecule has 1 aliphatic rings. The van der Waals surface area contributed by atoms with Gasteiger partial charge in [-0.05, 0) is 53.5 Å². The quantitative estimate of drug-likeness (QED) is 0.455. The third kappa shape index (κ3) is 5.12. The van der Waals surface area contributed by atoms with Crippen LogP contribution in [0.4, 0.5) is 5.82 Å². The fourth-order valence-corrected chi connectivity index (χ4v) is 3.85. The fourth-order valence-electron chi connectivity index (χ4n) is 3.85. The van der Waals surface area contributed by atoms with E-state index in [0.29, 0.717) is 11.9 Å². The van der Waals surface area contributed by atoms with Gasteiger partial charge in [-0.3, -0.25) is 4.79 Å². The Bertz CT molecular complexity index is 1110. The monoisotopic (exact) mass is 419 g/mol. The van der Waals surface area contributed by atoms with Gasteiger partial charge < -0.3 is 14.8 Å². The number of esters is 1. The van der Waals surface area contributed by atoms with Crippen LogP contribution in [-0.4, -0.2) is 35.4 Å². The number of rotatable bonds is 7. The molecule has 0 bridgehead atoms. The minimum Gasteiger partial charge on any atom is -0.497 e. The maximum atomic E-state index is 12.2. The fraction of sp³-hybridized carbons (Fsp3) is 0.292. The van der Waals surface area contributed by atoms with Crippen LogP contribution in [0.1, 0.15) is 37.3 Å². The van der Waals surface area contributed by atoms with E-state index in [1.807, 2.05) is 41.1 Å². The zero-order valence-corrected chi connectivity index (χ0v) is 17.4. The molecule has 1 saturated carbocycles. The standard InChI is InChI=1S/C24H25N3O4/c1-30-21-10-9-18-14-17(6-8-19(18)15-21)7-11-24(29)31-16-23(28)26-22-12-13-25-27(22)20-4-2-3-5-20/h6-15,20H,2-5,16H2,1H3,(H,26,28)/b11-7+. The largest absolute Gasteiger partial charge is 0.497 e. The summed E-state index contributed by atoms with van der Waals surface area (Å²) in [6, 6.07) is 13.7. The van der Waals surface area contributed by atoms with Gasteiger partial charge in [0.2, 0.25) is 0 Å². The van der Waals surface area contributed by atoms with Crippen LogP contribution in [0.2, 0.25) is 0 Å². The van der Waals surface area contributed by atoms with Crippen LogP contribution in [0.3, 0.4) is 0 Å². The number of amides is 1. The molecule has 1 amide bonds. The van der Waals surface area contributed by atoms with Gasteiger partial charge in [-0.15, -0.1) is 0 Å².